The van der Waals surface area contributed by atoms with Gasteiger partial charge in [0.1, 0.15) is 6.29 Å². The minimum atomic E-state index is -0.264. The topological polar surface area (TPSA) is 57.5 Å². The van der Waals surface area contributed by atoms with Crippen molar-refractivity contribution in [3.63, 3.8) is 0 Å². The van der Waals surface area contributed by atoms with Gasteiger partial charge in [0.25, 0.3) is 0 Å². The summed E-state index contributed by atoms with van der Waals surface area (Å²) in [6, 6.07) is 20.7. The molecule has 0 spiro atoms. The highest BCUT2D eigenvalue weighted by Gasteiger charge is 2.26. The van der Waals surface area contributed by atoms with Crippen molar-refractivity contribution in [3.8, 4) is 0 Å². The SMILES string of the molecule is CC(CC=O)(CCCCCC(O)CCCC(C)(CCO)c1ccccc1)c1ccccc1. The van der Waals surface area contributed by atoms with Crippen molar-refractivity contribution in [2.45, 2.75) is 95.0 Å². The van der Waals surface area contributed by atoms with Gasteiger partial charge in [0.2, 0.25) is 0 Å². The predicted molar refractivity (Wildman–Crippen MR) is 133 cm³/mol. The summed E-state index contributed by atoms with van der Waals surface area (Å²) in [5.74, 6) is 0. The van der Waals surface area contributed by atoms with Gasteiger partial charge in [-0.15, -0.1) is 0 Å². The molecule has 0 saturated heterocycles. The first-order valence-electron chi connectivity index (χ1n) is 12.3. The highest BCUT2D eigenvalue weighted by molar-refractivity contribution is 5.53. The van der Waals surface area contributed by atoms with Gasteiger partial charge >= 0.3 is 0 Å². The standard InChI is InChI=1S/C29H42O3/c1-28(21-23-30,25-13-6-3-7-14-25)19-11-5-10-17-27(32)18-12-20-29(2,22-24-31)26-15-8-4-9-16-26/h3-4,6-9,13-16,23,27,31-32H,5,10-12,17-22,24H2,1-2H3. The van der Waals surface area contributed by atoms with E-state index in [9.17, 15) is 15.0 Å². The molecule has 3 heteroatoms. The summed E-state index contributed by atoms with van der Waals surface area (Å²) in [6.07, 6.45) is 9.77. The highest BCUT2D eigenvalue weighted by atomic mass is 16.3. The molecule has 0 bridgehead atoms. The molecular formula is C29H42O3. The van der Waals surface area contributed by atoms with E-state index >= 15 is 0 Å². The van der Waals surface area contributed by atoms with E-state index in [0.717, 1.165) is 64.1 Å². The van der Waals surface area contributed by atoms with Crippen molar-refractivity contribution in [3.05, 3.63) is 71.8 Å². The van der Waals surface area contributed by atoms with Crippen LogP contribution in [0, 0.1) is 0 Å². The van der Waals surface area contributed by atoms with E-state index in [1.807, 2.05) is 24.3 Å². The Morgan fingerprint density at radius 3 is 1.84 bits per heavy atom. The first-order valence-corrected chi connectivity index (χ1v) is 12.3. The number of carbonyl (C=O) groups is 1. The van der Waals surface area contributed by atoms with Crippen LogP contribution in [0.3, 0.4) is 0 Å². The Morgan fingerprint density at radius 2 is 1.28 bits per heavy atom. The summed E-state index contributed by atoms with van der Waals surface area (Å²) in [5.41, 5.74) is 2.35. The van der Waals surface area contributed by atoms with E-state index in [0.29, 0.717) is 6.42 Å². The number of hydrogen-bond donors (Lipinski definition) is 2. The number of benzene rings is 2. The second-order valence-corrected chi connectivity index (χ2v) is 9.84. The Kier molecular flexibility index (Phi) is 11.1. The van der Waals surface area contributed by atoms with Crippen LogP contribution in [0.4, 0.5) is 0 Å². The summed E-state index contributed by atoms with van der Waals surface area (Å²) < 4.78 is 0. The summed E-state index contributed by atoms with van der Waals surface area (Å²) >= 11 is 0. The molecule has 2 rings (SSSR count). The Labute approximate surface area is 194 Å². The average Bonchev–Trinajstić information content (AvgIpc) is 2.80. The first kappa shape index (κ1) is 26.3. The monoisotopic (exact) mass is 438 g/mol. The van der Waals surface area contributed by atoms with Gasteiger partial charge < -0.3 is 15.0 Å². The number of aldehydes is 1. The lowest BCUT2D eigenvalue weighted by atomic mass is 9.75. The van der Waals surface area contributed by atoms with Crippen LogP contribution in [0.1, 0.15) is 89.2 Å². The molecule has 0 aromatic heterocycles. The number of carbonyl (C=O) groups excluding carboxylic acids is 1. The molecule has 0 aliphatic rings. The van der Waals surface area contributed by atoms with Crippen LogP contribution in [-0.4, -0.2) is 29.2 Å². The molecule has 0 aliphatic carbocycles. The van der Waals surface area contributed by atoms with Crippen molar-refractivity contribution >= 4 is 6.29 Å². The minimum absolute atomic E-state index is 0.0454. The van der Waals surface area contributed by atoms with Crippen LogP contribution in [-0.2, 0) is 15.6 Å². The zero-order valence-electron chi connectivity index (χ0n) is 20.0. The summed E-state index contributed by atoms with van der Waals surface area (Å²) in [6.45, 7) is 4.58. The van der Waals surface area contributed by atoms with Gasteiger partial charge in [-0.25, -0.2) is 0 Å². The molecule has 3 nitrogen and oxygen atoms in total. The second kappa shape index (κ2) is 13.5. The number of unbranched alkanes of at least 4 members (excludes halogenated alkanes) is 2. The third-order valence-corrected chi connectivity index (χ3v) is 7.17. The zero-order chi connectivity index (χ0) is 23.3. The lowest BCUT2D eigenvalue weighted by Crippen LogP contribution is -2.24. The van der Waals surface area contributed by atoms with Gasteiger partial charge in [-0.2, -0.15) is 0 Å². The van der Waals surface area contributed by atoms with E-state index in [1.54, 1.807) is 0 Å². The van der Waals surface area contributed by atoms with Gasteiger partial charge in [0.05, 0.1) is 6.10 Å². The minimum Gasteiger partial charge on any atom is -0.396 e. The molecule has 0 amide bonds. The van der Waals surface area contributed by atoms with Crippen LogP contribution in [0.5, 0.6) is 0 Å². The van der Waals surface area contributed by atoms with Crippen molar-refractivity contribution in [1.82, 2.24) is 0 Å². The maximum Gasteiger partial charge on any atom is 0.120 e. The highest BCUT2D eigenvalue weighted by Crippen LogP contribution is 2.34. The lowest BCUT2D eigenvalue weighted by Gasteiger charge is -2.30. The molecule has 0 saturated carbocycles. The first-order chi connectivity index (χ1) is 15.4. The number of rotatable bonds is 16. The zero-order valence-corrected chi connectivity index (χ0v) is 20.0. The van der Waals surface area contributed by atoms with E-state index in [-0.39, 0.29) is 23.5 Å². The molecule has 0 aliphatic heterocycles. The third kappa shape index (κ3) is 8.18. The van der Waals surface area contributed by atoms with Crippen molar-refractivity contribution in [1.29, 1.82) is 0 Å². The van der Waals surface area contributed by atoms with Crippen molar-refractivity contribution in [2.24, 2.45) is 0 Å². The van der Waals surface area contributed by atoms with E-state index in [4.69, 9.17) is 0 Å². The normalized spacial score (nSPS) is 16.1. The molecule has 0 heterocycles. The van der Waals surface area contributed by atoms with Gasteiger partial charge in [-0.3, -0.25) is 0 Å². The summed E-state index contributed by atoms with van der Waals surface area (Å²) in [7, 11) is 0. The fourth-order valence-corrected chi connectivity index (χ4v) is 4.83. The van der Waals surface area contributed by atoms with E-state index in [2.05, 4.69) is 50.2 Å². The van der Waals surface area contributed by atoms with Crippen molar-refractivity contribution in [2.75, 3.05) is 6.61 Å². The lowest BCUT2D eigenvalue weighted by molar-refractivity contribution is -0.108. The molecule has 2 aromatic rings. The van der Waals surface area contributed by atoms with Crippen LogP contribution in [0.15, 0.2) is 60.7 Å². The van der Waals surface area contributed by atoms with Gasteiger partial charge in [0.15, 0.2) is 0 Å². The van der Waals surface area contributed by atoms with Crippen molar-refractivity contribution < 1.29 is 15.0 Å². The Balaban J connectivity index is 1.70. The Bertz CT molecular complexity index is 760. The van der Waals surface area contributed by atoms with Crippen LogP contribution in [0.2, 0.25) is 0 Å². The molecule has 3 atom stereocenters. The molecule has 32 heavy (non-hydrogen) atoms. The van der Waals surface area contributed by atoms with Crippen LogP contribution >= 0.6 is 0 Å². The van der Waals surface area contributed by atoms with Crippen LogP contribution in [0.25, 0.3) is 0 Å². The predicted octanol–water partition coefficient (Wildman–Crippen LogP) is 6.36. The van der Waals surface area contributed by atoms with Crippen LogP contribution < -0.4 is 0 Å². The summed E-state index contributed by atoms with van der Waals surface area (Å²) in [5, 5.41) is 20.0. The molecule has 0 radical (unpaired) electrons. The van der Waals surface area contributed by atoms with Gasteiger partial charge in [-0.1, -0.05) is 100 Å². The maximum atomic E-state index is 11.2. The molecule has 176 valence electrons. The second-order valence-electron chi connectivity index (χ2n) is 9.84. The van der Waals surface area contributed by atoms with E-state index < -0.39 is 0 Å². The molecule has 2 N–H and O–H groups in total. The van der Waals surface area contributed by atoms with Gasteiger partial charge in [-0.05, 0) is 54.1 Å². The fourth-order valence-electron chi connectivity index (χ4n) is 4.83. The smallest absolute Gasteiger partial charge is 0.120 e. The molecular weight excluding hydrogens is 396 g/mol. The Hall–Kier alpha value is -1.97. The molecule has 3 unspecified atom stereocenters. The fraction of sp³-hybridized carbons (Fsp3) is 0.552. The Morgan fingerprint density at radius 1 is 0.750 bits per heavy atom. The third-order valence-electron chi connectivity index (χ3n) is 7.17. The summed E-state index contributed by atoms with van der Waals surface area (Å²) in [4.78, 5) is 11.2. The largest absolute Gasteiger partial charge is 0.396 e. The number of hydrogen-bond acceptors (Lipinski definition) is 3. The molecule has 2 aromatic carbocycles. The van der Waals surface area contributed by atoms with Gasteiger partial charge in [0, 0.05) is 13.0 Å². The van der Waals surface area contributed by atoms with E-state index in [1.165, 1.54) is 11.1 Å². The molecule has 0 fully saturated rings. The number of aliphatic hydroxyl groups excluding tert-OH is 2. The maximum absolute atomic E-state index is 11.2. The average molecular weight is 439 g/mol. The number of aliphatic hydroxyl groups is 2. The quantitative estimate of drug-likeness (QED) is 0.237.